The number of anilines is 1. The average molecular weight is 468 g/mol. The number of carbonyl (C=O) groups excluding carboxylic acids is 2. The van der Waals surface area contributed by atoms with Crippen molar-refractivity contribution in [3.05, 3.63) is 58.1 Å². The minimum Gasteiger partial charge on any atom is -0.492 e. The van der Waals surface area contributed by atoms with Crippen molar-refractivity contribution in [2.45, 2.75) is 32.7 Å². The van der Waals surface area contributed by atoms with Gasteiger partial charge in [0.25, 0.3) is 5.91 Å². The van der Waals surface area contributed by atoms with Crippen molar-refractivity contribution in [1.82, 2.24) is 10.6 Å². The van der Waals surface area contributed by atoms with Crippen LogP contribution in [-0.4, -0.2) is 29.6 Å². The van der Waals surface area contributed by atoms with Crippen molar-refractivity contribution in [3.63, 3.8) is 0 Å². The molecule has 9 heteroatoms. The van der Waals surface area contributed by atoms with Gasteiger partial charge in [-0.1, -0.05) is 23.2 Å². The molecule has 160 valence electrons. The molecule has 3 N–H and O–H groups in total. The minimum atomic E-state index is -0.230. The molecule has 0 aliphatic heterocycles. The highest BCUT2D eigenvalue weighted by molar-refractivity contribution is 7.80. The Balaban J connectivity index is 1.71. The number of benzene rings is 2. The third-order valence-electron chi connectivity index (χ3n) is 3.78. The molecular formula is C21H23Cl2N3O3S. The summed E-state index contributed by atoms with van der Waals surface area (Å²) in [7, 11) is 0. The zero-order valence-corrected chi connectivity index (χ0v) is 19.0. The van der Waals surface area contributed by atoms with Gasteiger partial charge in [0.2, 0.25) is 5.91 Å². The fourth-order valence-corrected chi connectivity index (χ4v) is 3.10. The van der Waals surface area contributed by atoms with Crippen molar-refractivity contribution in [2.24, 2.45) is 0 Å². The standard InChI is InChI=1S/C21H23Cl2N3O3S/c1-13(2)24-20(28)14-5-8-16(9-6-14)25-21(30)26-19(27)4-3-11-29-18-10-7-15(22)12-17(18)23/h5-10,12-13H,3-4,11H2,1-2H3,(H,24,28)(H2,25,26,27,30). The summed E-state index contributed by atoms with van der Waals surface area (Å²) in [6.45, 7) is 4.12. The second-order valence-corrected chi connectivity index (χ2v) is 7.99. The fourth-order valence-electron chi connectivity index (χ4n) is 2.41. The molecule has 0 bridgehead atoms. The predicted molar refractivity (Wildman–Crippen MR) is 125 cm³/mol. The smallest absolute Gasteiger partial charge is 0.251 e. The number of halogens is 2. The Morgan fingerprint density at radius 2 is 1.80 bits per heavy atom. The molecule has 0 heterocycles. The normalized spacial score (nSPS) is 10.4. The van der Waals surface area contributed by atoms with E-state index in [4.69, 9.17) is 40.2 Å². The van der Waals surface area contributed by atoms with Gasteiger partial charge in [0.15, 0.2) is 5.11 Å². The molecule has 0 aliphatic rings. The van der Waals surface area contributed by atoms with Crippen LogP contribution in [0.15, 0.2) is 42.5 Å². The molecule has 2 amide bonds. The first kappa shape index (κ1) is 23.9. The second kappa shape index (κ2) is 11.7. The van der Waals surface area contributed by atoms with Crippen LogP contribution in [-0.2, 0) is 4.79 Å². The van der Waals surface area contributed by atoms with Gasteiger partial charge in [-0.25, -0.2) is 0 Å². The third-order valence-corrected chi connectivity index (χ3v) is 4.51. The Morgan fingerprint density at radius 1 is 1.10 bits per heavy atom. The lowest BCUT2D eigenvalue weighted by atomic mass is 10.2. The number of hydrogen-bond donors (Lipinski definition) is 3. The van der Waals surface area contributed by atoms with Gasteiger partial charge >= 0.3 is 0 Å². The zero-order chi connectivity index (χ0) is 22.1. The molecule has 0 spiro atoms. The van der Waals surface area contributed by atoms with E-state index in [0.29, 0.717) is 40.1 Å². The molecule has 0 atom stereocenters. The summed E-state index contributed by atoms with van der Waals surface area (Å²) in [5.74, 6) is 0.143. The molecular weight excluding hydrogens is 445 g/mol. The first-order chi connectivity index (χ1) is 14.2. The summed E-state index contributed by atoms with van der Waals surface area (Å²) in [6.07, 6.45) is 0.731. The molecule has 0 radical (unpaired) electrons. The molecule has 2 rings (SSSR count). The van der Waals surface area contributed by atoms with E-state index in [1.54, 1.807) is 42.5 Å². The topological polar surface area (TPSA) is 79.5 Å². The lowest BCUT2D eigenvalue weighted by molar-refractivity contribution is -0.119. The zero-order valence-electron chi connectivity index (χ0n) is 16.6. The van der Waals surface area contributed by atoms with E-state index in [2.05, 4.69) is 16.0 Å². The lowest BCUT2D eigenvalue weighted by Crippen LogP contribution is -2.34. The lowest BCUT2D eigenvalue weighted by Gasteiger charge is -2.11. The summed E-state index contributed by atoms with van der Waals surface area (Å²) in [5.41, 5.74) is 1.21. The van der Waals surface area contributed by atoms with Crippen molar-refractivity contribution in [2.75, 3.05) is 11.9 Å². The monoisotopic (exact) mass is 467 g/mol. The molecule has 2 aromatic carbocycles. The Bertz CT molecular complexity index is 905. The molecule has 0 fully saturated rings. The first-order valence-electron chi connectivity index (χ1n) is 9.34. The van der Waals surface area contributed by atoms with Crippen LogP contribution in [0.4, 0.5) is 5.69 Å². The minimum absolute atomic E-state index is 0.0617. The maximum absolute atomic E-state index is 12.0. The number of ether oxygens (including phenoxy) is 1. The summed E-state index contributed by atoms with van der Waals surface area (Å²) in [5, 5.41) is 9.48. The van der Waals surface area contributed by atoms with Crippen molar-refractivity contribution >= 4 is 58.0 Å². The summed E-state index contributed by atoms with van der Waals surface area (Å²) < 4.78 is 5.55. The highest BCUT2D eigenvalue weighted by Gasteiger charge is 2.09. The average Bonchev–Trinajstić information content (AvgIpc) is 2.66. The van der Waals surface area contributed by atoms with Crippen LogP contribution < -0.4 is 20.7 Å². The van der Waals surface area contributed by atoms with Gasteiger partial charge in [-0.05, 0) is 75.0 Å². The van der Waals surface area contributed by atoms with Gasteiger partial charge in [0.05, 0.1) is 11.6 Å². The second-order valence-electron chi connectivity index (χ2n) is 6.73. The van der Waals surface area contributed by atoms with Gasteiger partial charge in [0.1, 0.15) is 5.75 Å². The van der Waals surface area contributed by atoms with Crippen molar-refractivity contribution in [3.8, 4) is 5.75 Å². The molecule has 30 heavy (non-hydrogen) atoms. The first-order valence-corrected chi connectivity index (χ1v) is 10.5. The van der Waals surface area contributed by atoms with Crippen LogP contribution in [0.1, 0.15) is 37.0 Å². The molecule has 0 aliphatic carbocycles. The van der Waals surface area contributed by atoms with Crippen LogP contribution in [0.2, 0.25) is 10.0 Å². The number of rotatable bonds is 8. The summed E-state index contributed by atoms with van der Waals surface area (Å²) in [4.78, 5) is 24.0. The molecule has 0 aromatic heterocycles. The Morgan fingerprint density at radius 3 is 2.43 bits per heavy atom. The number of thiocarbonyl (C=S) groups is 1. The van der Waals surface area contributed by atoms with E-state index in [1.807, 2.05) is 13.8 Å². The largest absolute Gasteiger partial charge is 0.492 e. The van der Waals surface area contributed by atoms with Gasteiger partial charge in [-0.3, -0.25) is 9.59 Å². The molecule has 0 saturated heterocycles. The SMILES string of the molecule is CC(C)NC(=O)c1ccc(NC(=S)NC(=O)CCCOc2ccc(Cl)cc2Cl)cc1. The molecule has 0 unspecified atom stereocenters. The quantitative estimate of drug-likeness (QED) is 0.383. The van der Waals surface area contributed by atoms with Crippen LogP contribution in [0.3, 0.4) is 0 Å². The number of carbonyl (C=O) groups is 2. The summed E-state index contributed by atoms with van der Waals surface area (Å²) >= 11 is 17.0. The van der Waals surface area contributed by atoms with E-state index < -0.39 is 0 Å². The van der Waals surface area contributed by atoms with Crippen molar-refractivity contribution < 1.29 is 14.3 Å². The highest BCUT2D eigenvalue weighted by Crippen LogP contribution is 2.27. The van der Waals surface area contributed by atoms with Gasteiger partial charge in [0, 0.05) is 28.7 Å². The number of nitrogens with one attached hydrogen (secondary N) is 3. The Labute approximate surface area is 191 Å². The number of amides is 2. The highest BCUT2D eigenvalue weighted by atomic mass is 35.5. The predicted octanol–water partition coefficient (Wildman–Crippen LogP) is 4.80. The van der Waals surface area contributed by atoms with E-state index in [9.17, 15) is 9.59 Å². The van der Waals surface area contributed by atoms with Gasteiger partial charge < -0.3 is 20.7 Å². The fraction of sp³-hybridized carbons (Fsp3) is 0.286. The molecule has 0 saturated carbocycles. The van der Waals surface area contributed by atoms with Gasteiger partial charge in [-0.2, -0.15) is 0 Å². The Kier molecular flexibility index (Phi) is 9.36. The maximum Gasteiger partial charge on any atom is 0.251 e. The van der Waals surface area contributed by atoms with E-state index in [1.165, 1.54) is 0 Å². The maximum atomic E-state index is 12.0. The van der Waals surface area contributed by atoms with Crippen LogP contribution in [0.25, 0.3) is 0 Å². The van der Waals surface area contributed by atoms with Crippen molar-refractivity contribution in [1.29, 1.82) is 0 Å². The third kappa shape index (κ3) is 8.18. The Hall–Kier alpha value is -2.35. The van der Waals surface area contributed by atoms with Gasteiger partial charge in [-0.15, -0.1) is 0 Å². The number of hydrogen-bond acceptors (Lipinski definition) is 4. The molecule has 2 aromatic rings. The molecule has 6 nitrogen and oxygen atoms in total. The summed E-state index contributed by atoms with van der Waals surface area (Å²) in [6, 6.07) is 11.8. The van der Waals surface area contributed by atoms with Crippen LogP contribution in [0, 0.1) is 0 Å². The van der Waals surface area contributed by atoms with Crippen LogP contribution >= 0.6 is 35.4 Å². The van der Waals surface area contributed by atoms with E-state index in [0.717, 1.165) is 0 Å². The van der Waals surface area contributed by atoms with E-state index in [-0.39, 0.29) is 29.4 Å². The van der Waals surface area contributed by atoms with E-state index >= 15 is 0 Å². The van der Waals surface area contributed by atoms with Crippen LogP contribution in [0.5, 0.6) is 5.75 Å².